The fraction of sp³-hybridized carbons (Fsp3) is 0.451. The highest BCUT2D eigenvalue weighted by molar-refractivity contribution is 8.02. The van der Waals surface area contributed by atoms with Crippen LogP contribution < -0.4 is 32.4 Å². The lowest BCUT2D eigenvalue weighted by molar-refractivity contribution is -0.119. The van der Waals surface area contributed by atoms with Crippen molar-refractivity contribution in [2.45, 2.75) is 134 Å². The van der Waals surface area contributed by atoms with E-state index >= 15 is 17.6 Å². The zero-order valence-electron chi connectivity index (χ0n) is 67.1. The number of H-pyrrole nitrogens is 2. The van der Waals surface area contributed by atoms with Gasteiger partial charge in [-0.3, -0.25) is 94.8 Å². The summed E-state index contributed by atoms with van der Waals surface area (Å²) in [4.78, 5) is 151. The van der Waals surface area contributed by atoms with Gasteiger partial charge in [0.05, 0.1) is 53.0 Å². The number of rotatable bonds is 25. The van der Waals surface area contributed by atoms with Crippen molar-refractivity contribution >= 4 is 139 Å². The predicted molar refractivity (Wildman–Crippen MR) is 440 cm³/mol. The SMILES string of the molecule is C.[2H]P(C)P.[C-]#[N+]CCOP(=O)(OC[C@H]1O[C@@H](n2cnc3c(=O)[nH]c(NC(=O)C(C)C)nc32)[C@H](OC(=O)O)[C@@H]1F)O[C@H]1[C@H](F)[C@H](n2cnc3c(NC(=O)c4ccccc4)ncnc32)O[C@@H]1CO.[C-]#[N+]CCOP1(=O)OC[C@H]2O[C@@H](n3cnc4c(=O)[nH]c(NC(=O)C(C)C)nc43)[C@H](OP(O)OC[C@H]3O[C@@H](n4cnc5c(NC(=O)c6ccccc6)ncnc54)[C@@H](F)[C@@H]3O1)[C@@H]2F. The van der Waals surface area contributed by atoms with Gasteiger partial charge in [0.2, 0.25) is 36.8 Å². The van der Waals surface area contributed by atoms with Crippen molar-refractivity contribution in [3.05, 3.63) is 153 Å². The van der Waals surface area contributed by atoms with Crippen molar-refractivity contribution < 1.29 is 126 Å². The third-order valence-electron chi connectivity index (χ3n) is 19.0. The van der Waals surface area contributed by atoms with E-state index in [0.29, 0.717) is 11.1 Å². The number of aromatic amines is 2. The maximum Gasteiger partial charge on any atom is 0.506 e. The van der Waals surface area contributed by atoms with Gasteiger partial charge in [-0.2, -0.15) is 9.97 Å². The fourth-order valence-electron chi connectivity index (χ4n) is 13.0. The van der Waals surface area contributed by atoms with Crippen LogP contribution in [0.3, 0.4) is 0 Å². The summed E-state index contributed by atoms with van der Waals surface area (Å²) in [5, 5.41) is 29.8. The van der Waals surface area contributed by atoms with Crippen LogP contribution in [0.2, 0.25) is 0 Å². The third-order valence-corrected chi connectivity index (χ3v) is 22.7. The number of phosphoric ester groups is 2. The molecule has 0 saturated carbocycles. The maximum absolute atomic E-state index is 16.7. The van der Waals surface area contributed by atoms with Crippen LogP contribution in [0.5, 0.6) is 0 Å². The summed E-state index contributed by atoms with van der Waals surface area (Å²) in [6.07, 6.45) is -24.7. The van der Waals surface area contributed by atoms with Crippen molar-refractivity contribution in [3.8, 4) is 0 Å². The second-order valence-electron chi connectivity index (χ2n) is 28.0. The van der Waals surface area contributed by atoms with Gasteiger partial charge in [-0.1, -0.05) is 71.5 Å². The minimum Gasteiger partial charge on any atom is -0.450 e. The van der Waals surface area contributed by atoms with Gasteiger partial charge >= 0.3 is 30.4 Å². The summed E-state index contributed by atoms with van der Waals surface area (Å²) >= 11 is 0. The monoisotopic (exact) mass is 1870 g/mol. The van der Waals surface area contributed by atoms with Crippen molar-refractivity contribution in [3.63, 3.8) is 0 Å². The summed E-state index contributed by atoms with van der Waals surface area (Å²) in [6.45, 7) is 17.2. The molecule has 2 bridgehead atoms. The number of aliphatic hydroxyl groups is 1. The van der Waals surface area contributed by atoms with Gasteiger partial charge in [0, 0.05) is 23.0 Å². The Morgan fingerprint density at radius 2 is 1.14 bits per heavy atom. The van der Waals surface area contributed by atoms with Gasteiger partial charge in [0.25, 0.3) is 22.9 Å². The molecule has 56 heteroatoms. The molecule has 5 unspecified atom stereocenters. The van der Waals surface area contributed by atoms with Gasteiger partial charge in [-0.05, 0) is 30.9 Å². The number of benzene rings is 2. The van der Waals surface area contributed by atoms with E-state index in [4.69, 9.17) is 74.3 Å². The summed E-state index contributed by atoms with van der Waals surface area (Å²) in [7, 11) is -11.1. The number of aromatic nitrogens is 16. The molecule has 2 aromatic carbocycles. The molecule has 13 heterocycles. The number of nitrogens with zero attached hydrogens (tertiary/aromatic N) is 16. The van der Waals surface area contributed by atoms with Crippen molar-refractivity contribution in [1.29, 1.82) is 1.28 Å². The molecule has 0 spiro atoms. The Morgan fingerprint density at radius 1 is 0.654 bits per heavy atom. The zero-order chi connectivity index (χ0) is 90.9. The Kier molecular flexibility index (Phi) is 31.1. The Bertz CT molecular complexity index is 5960. The number of carbonyl (C=O) groups is 5. The van der Waals surface area contributed by atoms with E-state index in [1.807, 2.05) is 6.66 Å². The van der Waals surface area contributed by atoms with Crippen LogP contribution in [0.4, 0.5) is 45.9 Å². The average molecular weight is 1870 g/mol. The van der Waals surface area contributed by atoms with E-state index < -0.39 is 223 Å². The Labute approximate surface area is 720 Å². The van der Waals surface area contributed by atoms with Gasteiger partial charge in [-0.15, -0.1) is 17.1 Å². The average Bonchev–Trinajstić information content (AvgIpc) is 1.62. The van der Waals surface area contributed by atoms with E-state index in [-0.39, 0.29) is 88.7 Å². The fourth-order valence-corrected chi connectivity index (χ4v) is 16.5. The molecule has 10 aromatic rings. The summed E-state index contributed by atoms with van der Waals surface area (Å²) in [6, 6.07) is 16.5. The largest absolute Gasteiger partial charge is 0.506 e. The second kappa shape index (κ2) is 42.0. The van der Waals surface area contributed by atoms with Crippen molar-refractivity contribution in [2.24, 2.45) is 11.8 Å². The number of hydrogen-bond donors (Lipinski definition) is 9. The lowest BCUT2D eigenvalue weighted by atomic mass is 10.1. The first-order valence-electron chi connectivity index (χ1n) is 38.1. The molecule has 9 N–H and O–H groups in total. The standard InChI is InChI=1S/C35H36F2N11O13P.C34H35F2N11O12P2.CH6P2.CH4/c1-16(2)29(50)45-34-44-28-23(31(52)46-34)42-15-48(28)33-25(60-35(53)54)20(36)19(59-33)12-57-62(55,56-10-9-38-3)61-24-18(11-49)58-32(21(24)37)47-14-41-22-26(39-13-40-27(22)47)43-30(51)17-7-5-4-6-8-17;1-16(2)29(48)44-34-43-28-23(31(50)45-34)41-15-47(28)33-25-20(35)18(56-33)12-55-61(52,54-10-9-37-3)59-24-19(11-53-60(51)58-25)57-32(21(24)36)46-14-40-22-26(38-13-39-27(22)46)42-30(49)17-7-5-4-6-8-17;1-3-2;/h4-8,13-16,18-21,24-25,32-33,49H,9-12H2,1-2H3,(H,53,54)(H,39,40,43,51)(H2,44,45,46,50,52);4-8,13-16,18-21,24-25,32-33,51H,9-12H2,1-2H3,(H,38,39,42,49)(H2,43,44,45,48,50);3H,2H2,1H3;1H4/t18-,19-,20-,21+,24-,25-,32-,33-,62?;18-,19-,20-,21+,24-,25-,32-,33-,60?,61?;;/m11../s1/i;;3D;. The molecule has 0 radical (unpaired) electrons. The minimum absolute atomic E-state index is 0. The van der Waals surface area contributed by atoms with E-state index in [1.54, 1.807) is 88.4 Å². The van der Waals surface area contributed by atoms with Crippen LogP contribution in [0, 0.1) is 25.0 Å². The molecule has 127 heavy (non-hydrogen) atoms. The van der Waals surface area contributed by atoms with Crippen molar-refractivity contribution in [1.82, 2.24) is 78.1 Å². The number of carbonyl (C=O) groups excluding carboxylic acids is 4. The first-order chi connectivity index (χ1) is 60.8. The number of aliphatic hydroxyl groups excluding tert-OH is 1. The number of amides is 4. The number of halogens is 4. The van der Waals surface area contributed by atoms with Crippen LogP contribution in [0.1, 0.15) is 80.7 Å². The summed E-state index contributed by atoms with van der Waals surface area (Å²) in [5.74, 6) is -3.53. The third kappa shape index (κ3) is 21.5. The highest BCUT2D eigenvalue weighted by Crippen LogP contribution is 2.57. The summed E-state index contributed by atoms with van der Waals surface area (Å²) in [5.41, 5.74) is -1.74. The molecule has 678 valence electrons. The molecule has 21 atom stereocenters. The van der Waals surface area contributed by atoms with E-state index in [0.717, 1.165) is 45.3 Å². The number of ether oxygens (including phenoxy) is 5. The smallest absolute Gasteiger partial charge is 0.450 e. The molecular formula is C71H81F4N22O25P5. The molecule has 5 aliphatic heterocycles. The molecule has 8 aromatic heterocycles. The van der Waals surface area contributed by atoms with Crippen LogP contribution in [0.25, 0.3) is 54.3 Å². The lowest BCUT2D eigenvalue weighted by Gasteiger charge is -2.26. The van der Waals surface area contributed by atoms with E-state index in [9.17, 15) is 57.8 Å². The maximum atomic E-state index is 16.7. The van der Waals surface area contributed by atoms with Crippen LogP contribution >= 0.6 is 41.4 Å². The Hall–Kier alpha value is -10.7. The second-order valence-corrected chi connectivity index (χ2v) is 34.2. The first-order valence-corrected chi connectivity index (χ1v) is 44.7. The van der Waals surface area contributed by atoms with Crippen LogP contribution in [-0.4, -0.2) is 257 Å². The number of anilines is 4. The number of phosphoric acid groups is 2. The Balaban J connectivity index is 0.000000221. The Morgan fingerprint density at radius 3 is 1.65 bits per heavy atom. The highest BCUT2D eigenvalue weighted by Gasteiger charge is 2.57. The number of alkyl halides is 4. The lowest BCUT2D eigenvalue weighted by Crippen LogP contribution is -2.35. The molecule has 0 aliphatic carbocycles. The first kappa shape index (κ1) is 93.9. The number of fused-ring (bicyclic) bond motifs is 7. The molecule has 5 fully saturated rings. The number of carboxylic acid groups (broad SMARTS) is 1. The predicted octanol–water partition coefficient (Wildman–Crippen LogP) is 7.86. The van der Waals surface area contributed by atoms with E-state index in [1.165, 1.54) is 10.9 Å². The number of imidazole rings is 4. The summed E-state index contributed by atoms with van der Waals surface area (Å²) < 4.78 is 178. The van der Waals surface area contributed by atoms with Gasteiger partial charge in [0.1, 0.15) is 68.6 Å². The van der Waals surface area contributed by atoms with Crippen LogP contribution in [0.15, 0.2) is 108 Å². The molecule has 15 rings (SSSR count). The molecule has 47 nitrogen and oxygen atoms in total. The molecule has 4 amide bonds. The quantitative estimate of drug-likeness (QED) is 0.00864. The van der Waals surface area contributed by atoms with Gasteiger partial charge in [0.15, 0.2) is 112 Å². The van der Waals surface area contributed by atoms with Gasteiger partial charge < -0.3 is 68.2 Å². The van der Waals surface area contributed by atoms with Crippen LogP contribution in [-0.2, 0) is 78.6 Å². The van der Waals surface area contributed by atoms with Crippen molar-refractivity contribution in [2.75, 3.05) is 80.7 Å². The highest BCUT2D eigenvalue weighted by atomic mass is 32.0. The zero-order valence-corrected chi connectivity index (χ0v) is 70.9. The number of nitrogens with one attached hydrogen (secondary N) is 6. The van der Waals surface area contributed by atoms with Gasteiger partial charge in [-0.25, -0.2) is 84.5 Å². The van der Waals surface area contributed by atoms with E-state index in [2.05, 4.69) is 99.7 Å². The minimum atomic E-state index is -5.06. The molecule has 5 saturated heterocycles. The molecular weight excluding hydrogens is 1790 g/mol. The molecule has 5 aliphatic rings. The number of hydrogen-bond acceptors (Lipinski definition) is 34. The topological polar surface area (TPSA) is 571 Å². The normalized spacial score (nSPS) is 26.6.